The third kappa shape index (κ3) is 3.46. The van der Waals surface area contributed by atoms with Gasteiger partial charge in [0.25, 0.3) is 0 Å². The molecule has 0 aliphatic heterocycles. The maximum atomic E-state index is 6.11. The van der Waals surface area contributed by atoms with E-state index in [-0.39, 0.29) is 0 Å². The average molecular weight is 391 g/mol. The number of hydrogen-bond donors (Lipinski definition) is 1. The molecule has 18 heavy (non-hydrogen) atoms. The Morgan fingerprint density at radius 3 is 2.78 bits per heavy atom. The number of aromatic nitrogens is 1. The molecule has 0 unspecified atom stereocenters. The maximum absolute atomic E-state index is 6.11. The summed E-state index contributed by atoms with van der Waals surface area (Å²) in [6, 6.07) is 9.76. The van der Waals surface area contributed by atoms with E-state index in [0.717, 1.165) is 31.0 Å². The van der Waals surface area contributed by atoms with Gasteiger partial charge in [0.1, 0.15) is 4.60 Å². The summed E-state index contributed by atoms with van der Waals surface area (Å²) in [5.41, 5.74) is 2.98. The highest BCUT2D eigenvalue weighted by Crippen LogP contribution is 2.29. The number of pyridine rings is 1. The average Bonchev–Trinajstić information content (AvgIpc) is 2.32. The van der Waals surface area contributed by atoms with Crippen molar-refractivity contribution in [3.63, 3.8) is 0 Å². The molecule has 0 amide bonds. The lowest BCUT2D eigenvalue weighted by Crippen LogP contribution is -2.02. The number of anilines is 1. The third-order valence-corrected chi connectivity index (χ3v) is 3.99. The molecule has 1 aromatic heterocycles. The molecule has 0 aliphatic carbocycles. The van der Waals surface area contributed by atoms with Crippen LogP contribution in [0.15, 0.2) is 39.4 Å². The lowest BCUT2D eigenvalue weighted by Gasteiger charge is -2.10. The van der Waals surface area contributed by atoms with Crippen molar-refractivity contribution in [1.29, 1.82) is 0 Å². The van der Waals surface area contributed by atoms with Gasteiger partial charge in [-0.15, -0.1) is 0 Å². The van der Waals surface area contributed by atoms with Gasteiger partial charge in [0, 0.05) is 9.50 Å². The summed E-state index contributed by atoms with van der Waals surface area (Å²) in [4.78, 5) is 4.36. The topological polar surface area (TPSA) is 24.9 Å². The zero-order valence-corrected chi connectivity index (χ0v) is 13.6. The van der Waals surface area contributed by atoms with Crippen LogP contribution in [0.25, 0.3) is 0 Å². The predicted molar refractivity (Wildman–Crippen MR) is 83.2 cm³/mol. The second-order valence-corrected chi connectivity index (χ2v) is 5.96. The Bertz CT molecular complexity index is 573. The fourth-order valence-corrected chi connectivity index (χ4v) is 2.66. The van der Waals surface area contributed by atoms with Crippen LogP contribution in [0.2, 0.25) is 5.02 Å². The van der Waals surface area contributed by atoms with E-state index in [1.165, 1.54) is 0 Å². The predicted octanol–water partition coefficient (Wildman–Crippen LogP) is 5.18. The molecule has 0 fully saturated rings. The minimum absolute atomic E-state index is 0.650. The van der Waals surface area contributed by atoms with Crippen molar-refractivity contribution in [3.8, 4) is 0 Å². The standard InChI is InChI=1S/C13H11Br2ClN2/c1-8-5-10(14)12(6-11(8)16)17-7-9-3-2-4-13(15)18-9/h2-6,17H,7H2,1H3. The van der Waals surface area contributed by atoms with Crippen LogP contribution in [0.3, 0.4) is 0 Å². The van der Waals surface area contributed by atoms with Crippen molar-refractivity contribution in [2.24, 2.45) is 0 Å². The Balaban J connectivity index is 2.13. The van der Waals surface area contributed by atoms with Gasteiger partial charge in [-0.3, -0.25) is 0 Å². The van der Waals surface area contributed by atoms with Crippen molar-refractivity contribution in [1.82, 2.24) is 4.98 Å². The van der Waals surface area contributed by atoms with Crippen molar-refractivity contribution in [2.45, 2.75) is 13.5 Å². The van der Waals surface area contributed by atoms with Gasteiger partial charge in [0.05, 0.1) is 17.9 Å². The lowest BCUT2D eigenvalue weighted by atomic mass is 10.2. The van der Waals surface area contributed by atoms with E-state index in [9.17, 15) is 0 Å². The van der Waals surface area contributed by atoms with Crippen molar-refractivity contribution in [3.05, 3.63) is 55.7 Å². The quantitative estimate of drug-likeness (QED) is 0.731. The summed E-state index contributed by atoms with van der Waals surface area (Å²) in [6.45, 7) is 2.63. The van der Waals surface area contributed by atoms with E-state index in [1.807, 2.05) is 37.3 Å². The smallest absolute Gasteiger partial charge is 0.106 e. The summed E-state index contributed by atoms with van der Waals surface area (Å²) >= 11 is 13.0. The first-order valence-corrected chi connectivity index (χ1v) is 7.33. The van der Waals surface area contributed by atoms with E-state index in [1.54, 1.807) is 0 Å². The molecule has 0 bridgehead atoms. The van der Waals surface area contributed by atoms with Crippen LogP contribution < -0.4 is 5.32 Å². The minimum Gasteiger partial charge on any atom is -0.378 e. The molecule has 94 valence electrons. The molecule has 0 saturated carbocycles. The fourth-order valence-electron chi connectivity index (χ4n) is 1.52. The number of rotatable bonds is 3. The second kappa shape index (κ2) is 6.04. The third-order valence-electron chi connectivity index (χ3n) is 2.48. The fraction of sp³-hybridized carbons (Fsp3) is 0.154. The van der Waals surface area contributed by atoms with Crippen molar-refractivity contribution < 1.29 is 0 Å². The number of nitrogens with zero attached hydrogens (tertiary/aromatic N) is 1. The van der Waals surface area contributed by atoms with Gasteiger partial charge < -0.3 is 5.32 Å². The molecule has 0 saturated heterocycles. The highest BCUT2D eigenvalue weighted by molar-refractivity contribution is 9.10. The zero-order chi connectivity index (χ0) is 13.1. The molecule has 0 radical (unpaired) electrons. The van der Waals surface area contributed by atoms with Gasteiger partial charge in [-0.25, -0.2) is 4.98 Å². The highest BCUT2D eigenvalue weighted by Gasteiger charge is 2.04. The van der Waals surface area contributed by atoms with Gasteiger partial charge in [-0.1, -0.05) is 17.7 Å². The second-order valence-electron chi connectivity index (χ2n) is 3.89. The normalized spacial score (nSPS) is 10.4. The molecule has 1 N–H and O–H groups in total. The van der Waals surface area contributed by atoms with Gasteiger partial charge in [0.2, 0.25) is 0 Å². The van der Waals surface area contributed by atoms with Crippen LogP contribution in [0, 0.1) is 6.92 Å². The molecule has 0 spiro atoms. The van der Waals surface area contributed by atoms with Gasteiger partial charge >= 0.3 is 0 Å². The minimum atomic E-state index is 0.650. The van der Waals surface area contributed by atoms with Crippen LogP contribution in [0.5, 0.6) is 0 Å². The monoisotopic (exact) mass is 388 g/mol. The Kier molecular flexibility index (Phi) is 4.65. The molecular weight excluding hydrogens is 379 g/mol. The Morgan fingerprint density at radius 1 is 1.28 bits per heavy atom. The molecule has 2 rings (SSSR count). The van der Waals surface area contributed by atoms with Crippen molar-refractivity contribution >= 4 is 49.1 Å². The molecule has 0 aliphatic rings. The summed E-state index contributed by atoms with van der Waals surface area (Å²) in [7, 11) is 0. The SMILES string of the molecule is Cc1cc(Br)c(NCc2cccc(Br)n2)cc1Cl. The van der Waals surface area contributed by atoms with Crippen LogP contribution in [0.1, 0.15) is 11.3 Å². The van der Waals surface area contributed by atoms with Gasteiger partial charge in [0.15, 0.2) is 0 Å². The first kappa shape index (κ1) is 13.8. The molecule has 5 heteroatoms. The first-order valence-electron chi connectivity index (χ1n) is 5.37. The van der Waals surface area contributed by atoms with E-state index in [4.69, 9.17) is 11.6 Å². The number of halogens is 3. The van der Waals surface area contributed by atoms with Gasteiger partial charge in [-0.2, -0.15) is 0 Å². The van der Waals surface area contributed by atoms with Crippen LogP contribution in [-0.4, -0.2) is 4.98 Å². The number of nitrogens with one attached hydrogen (secondary N) is 1. The van der Waals surface area contributed by atoms with E-state index < -0.39 is 0 Å². The molecule has 0 atom stereocenters. The summed E-state index contributed by atoms with van der Waals surface area (Å²) in [5.74, 6) is 0. The number of aryl methyl sites for hydroxylation is 1. The summed E-state index contributed by atoms with van der Waals surface area (Å²) < 4.78 is 1.84. The molecule has 2 nitrogen and oxygen atoms in total. The molecule has 1 heterocycles. The zero-order valence-electron chi connectivity index (χ0n) is 9.67. The largest absolute Gasteiger partial charge is 0.378 e. The summed E-state index contributed by atoms with van der Waals surface area (Å²) in [6.07, 6.45) is 0. The number of benzene rings is 1. The van der Waals surface area contributed by atoms with E-state index >= 15 is 0 Å². The van der Waals surface area contributed by atoms with Crippen molar-refractivity contribution in [2.75, 3.05) is 5.32 Å². The highest BCUT2D eigenvalue weighted by atomic mass is 79.9. The Morgan fingerprint density at radius 2 is 2.06 bits per heavy atom. The lowest BCUT2D eigenvalue weighted by molar-refractivity contribution is 1.03. The molecular formula is C13H11Br2ClN2. The first-order chi connectivity index (χ1) is 8.56. The molecule has 1 aromatic carbocycles. The Labute approximate surface area is 128 Å². The maximum Gasteiger partial charge on any atom is 0.106 e. The van der Waals surface area contributed by atoms with Crippen LogP contribution in [0.4, 0.5) is 5.69 Å². The van der Waals surface area contributed by atoms with E-state index in [0.29, 0.717) is 6.54 Å². The summed E-state index contributed by atoms with van der Waals surface area (Å²) in [5, 5.41) is 4.06. The van der Waals surface area contributed by atoms with Gasteiger partial charge in [-0.05, 0) is 68.6 Å². The Hall–Kier alpha value is -0.580. The molecule has 2 aromatic rings. The number of hydrogen-bond acceptors (Lipinski definition) is 2. The van der Waals surface area contributed by atoms with Crippen LogP contribution in [-0.2, 0) is 6.54 Å². The van der Waals surface area contributed by atoms with E-state index in [2.05, 4.69) is 42.2 Å². The van der Waals surface area contributed by atoms with Crippen LogP contribution >= 0.6 is 43.5 Å².